The van der Waals surface area contributed by atoms with Crippen LogP contribution in [0.2, 0.25) is 0 Å². The van der Waals surface area contributed by atoms with E-state index in [1.54, 1.807) is 6.26 Å². The van der Waals surface area contributed by atoms with E-state index < -0.39 is 0 Å². The third kappa shape index (κ3) is 2.40. The van der Waals surface area contributed by atoms with Crippen molar-refractivity contribution in [3.05, 3.63) is 41.1 Å². The molecule has 2 aromatic heterocycles. The molecule has 0 aromatic carbocycles. The average Bonchev–Trinajstić information content (AvgIpc) is 2.82. The second kappa shape index (κ2) is 4.73. The minimum absolute atomic E-state index is 0.0450. The lowest BCUT2D eigenvalue weighted by Gasteiger charge is -2.15. The number of hydrogen-bond donors (Lipinski definition) is 2. The second-order valence-corrected chi connectivity index (χ2v) is 4.26. The van der Waals surface area contributed by atoms with E-state index in [1.807, 2.05) is 31.6 Å². The molecule has 3 N–H and O–H groups in total. The van der Waals surface area contributed by atoms with Crippen LogP contribution in [0, 0.1) is 13.8 Å². The Morgan fingerprint density at radius 2 is 2.29 bits per heavy atom. The van der Waals surface area contributed by atoms with Crippen LogP contribution in [0.3, 0.4) is 0 Å². The van der Waals surface area contributed by atoms with E-state index in [-0.39, 0.29) is 6.04 Å². The molecule has 17 heavy (non-hydrogen) atoms. The third-order valence-electron chi connectivity index (χ3n) is 2.99. The molecular weight excluding hydrogens is 216 g/mol. The lowest BCUT2D eigenvalue weighted by Crippen LogP contribution is -2.30. The molecule has 5 nitrogen and oxygen atoms in total. The van der Waals surface area contributed by atoms with Crippen LogP contribution >= 0.6 is 0 Å². The first kappa shape index (κ1) is 11.9. The summed E-state index contributed by atoms with van der Waals surface area (Å²) in [6, 6.07) is 4.06. The van der Waals surface area contributed by atoms with Gasteiger partial charge in [0, 0.05) is 24.7 Å². The number of aryl methyl sites for hydroxylation is 3. The number of nitrogens with zero attached hydrogens (tertiary/aromatic N) is 2. The molecule has 0 bridgehead atoms. The van der Waals surface area contributed by atoms with E-state index in [0.717, 1.165) is 29.1 Å². The van der Waals surface area contributed by atoms with Gasteiger partial charge in [0.25, 0.3) is 0 Å². The molecule has 0 aliphatic heterocycles. The molecule has 0 fully saturated rings. The van der Waals surface area contributed by atoms with Crippen LogP contribution in [0.1, 0.15) is 28.8 Å². The molecule has 1 unspecified atom stereocenters. The van der Waals surface area contributed by atoms with Gasteiger partial charge in [0.05, 0.1) is 18.0 Å². The number of hydrogen-bond acceptors (Lipinski definition) is 4. The molecule has 0 aliphatic carbocycles. The Morgan fingerprint density at radius 3 is 2.76 bits per heavy atom. The molecule has 0 saturated carbocycles. The number of hydrazine groups is 1. The summed E-state index contributed by atoms with van der Waals surface area (Å²) in [4.78, 5) is 0. The summed E-state index contributed by atoms with van der Waals surface area (Å²) in [5, 5.41) is 4.33. The first-order valence-corrected chi connectivity index (χ1v) is 5.61. The zero-order valence-corrected chi connectivity index (χ0v) is 10.4. The van der Waals surface area contributed by atoms with Crippen molar-refractivity contribution in [3.8, 4) is 0 Å². The van der Waals surface area contributed by atoms with Crippen molar-refractivity contribution in [3.63, 3.8) is 0 Å². The number of aromatic nitrogens is 2. The molecule has 2 aromatic rings. The van der Waals surface area contributed by atoms with Gasteiger partial charge >= 0.3 is 0 Å². The fourth-order valence-electron chi connectivity index (χ4n) is 2.08. The van der Waals surface area contributed by atoms with Gasteiger partial charge in [0.1, 0.15) is 5.76 Å². The first-order chi connectivity index (χ1) is 8.11. The van der Waals surface area contributed by atoms with Gasteiger partial charge in [-0.05, 0) is 26.0 Å². The van der Waals surface area contributed by atoms with Crippen LogP contribution in [-0.2, 0) is 13.5 Å². The summed E-state index contributed by atoms with van der Waals surface area (Å²) in [7, 11) is 1.94. The van der Waals surface area contributed by atoms with Crippen LogP contribution in [0.4, 0.5) is 0 Å². The van der Waals surface area contributed by atoms with Crippen LogP contribution in [0.25, 0.3) is 0 Å². The fraction of sp³-hybridized carbons (Fsp3) is 0.417. The lowest BCUT2D eigenvalue weighted by atomic mass is 10.0. The molecule has 0 spiro atoms. The molecule has 2 heterocycles. The monoisotopic (exact) mass is 234 g/mol. The quantitative estimate of drug-likeness (QED) is 0.619. The van der Waals surface area contributed by atoms with E-state index >= 15 is 0 Å². The van der Waals surface area contributed by atoms with Crippen molar-refractivity contribution in [1.82, 2.24) is 15.2 Å². The van der Waals surface area contributed by atoms with Gasteiger partial charge in [-0.2, -0.15) is 5.10 Å². The van der Waals surface area contributed by atoms with Gasteiger partial charge in [0.2, 0.25) is 0 Å². The van der Waals surface area contributed by atoms with Crippen LogP contribution in [-0.4, -0.2) is 9.78 Å². The van der Waals surface area contributed by atoms with E-state index in [9.17, 15) is 0 Å². The van der Waals surface area contributed by atoms with Gasteiger partial charge in [-0.1, -0.05) is 0 Å². The standard InChI is InChI=1S/C12H18N4O/c1-8-6-10(16(3)15-8)7-12(14-13)11-4-5-17-9(11)2/h4-6,12,14H,7,13H2,1-3H3. The molecule has 2 rings (SSSR count). The maximum absolute atomic E-state index is 5.62. The Balaban J connectivity index is 2.21. The number of furan rings is 1. The Hall–Kier alpha value is -1.59. The van der Waals surface area contributed by atoms with Crippen molar-refractivity contribution in [2.75, 3.05) is 0 Å². The first-order valence-electron chi connectivity index (χ1n) is 5.61. The van der Waals surface area contributed by atoms with Gasteiger partial charge in [-0.25, -0.2) is 0 Å². The predicted octanol–water partition coefficient (Wildman–Crippen LogP) is 1.38. The smallest absolute Gasteiger partial charge is 0.105 e. The lowest BCUT2D eigenvalue weighted by molar-refractivity contribution is 0.494. The van der Waals surface area contributed by atoms with Crippen LogP contribution in [0.5, 0.6) is 0 Å². The largest absolute Gasteiger partial charge is 0.469 e. The summed E-state index contributed by atoms with van der Waals surface area (Å²) in [5.41, 5.74) is 6.08. The maximum Gasteiger partial charge on any atom is 0.105 e. The minimum atomic E-state index is 0.0450. The van der Waals surface area contributed by atoms with Crippen molar-refractivity contribution in [2.24, 2.45) is 12.9 Å². The van der Waals surface area contributed by atoms with Crippen molar-refractivity contribution in [1.29, 1.82) is 0 Å². The number of nitrogens with two attached hydrogens (primary N) is 1. The van der Waals surface area contributed by atoms with Crippen LogP contribution < -0.4 is 11.3 Å². The Labute approximate surface area is 101 Å². The summed E-state index contributed by atoms with van der Waals surface area (Å²) in [6.07, 6.45) is 2.47. The van der Waals surface area contributed by atoms with Crippen LogP contribution in [0.15, 0.2) is 22.8 Å². The van der Waals surface area contributed by atoms with Crippen molar-refractivity contribution >= 4 is 0 Å². The average molecular weight is 234 g/mol. The predicted molar refractivity (Wildman–Crippen MR) is 65.2 cm³/mol. The molecular formula is C12H18N4O. The summed E-state index contributed by atoms with van der Waals surface area (Å²) in [5.74, 6) is 6.51. The zero-order valence-electron chi connectivity index (χ0n) is 10.4. The maximum atomic E-state index is 5.62. The molecule has 92 valence electrons. The van der Waals surface area contributed by atoms with Gasteiger partial charge in [0.15, 0.2) is 0 Å². The third-order valence-corrected chi connectivity index (χ3v) is 2.99. The molecule has 0 amide bonds. The van der Waals surface area contributed by atoms with E-state index in [4.69, 9.17) is 10.3 Å². The fourth-order valence-corrected chi connectivity index (χ4v) is 2.08. The second-order valence-electron chi connectivity index (χ2n) is 4.26. The SMILES string of the molecule is Cc1cc(CC(NN)c2ccoc2C)n(C)n1. The van der Waals surface area contributed by atoms with E-state index in [2.05, 4.69) is 16.6 Å². The van der Waals surface area contributed by atoms with Crippen molar-refractivity contribution in [2.45, 2.75) is 26.3 Å². The van der Waals surface area contributed by atoms with Gasteiger partial charge in [-0.3, -0.25) is 16.0 Å². The summed E-state index contributed by atoms with van der Waals surface area (Å²) >= 11 is 0. The molecule has 1 atom stereocenters. The zero-order chi connectivity index (χ0) is 12.4. The minimum Gasteiger partial charge on any atom is -0.469 e. The van der Waals surface area contributed by atoms with Crippen molar-refractivity contribution < 1.29 is 4.42 Å². The highest BCUT2D eigenvalue weighted by atomic mass is 16.3. The normalized spacial score (nSPS) is 12.9. The Kier molecular flexibility index (Phi) is 3.31. The Bertz CT molecular complexity index is 500. The molecule has 0 saturated heterocycles. The number of rotatable bonds is 4. The number of nitrogens with one attached hydrogen (secondary N) is 1. The summed E-state index contributed by atoms with van der Waals surface area (Å²) < 4.78 is 7.19. The van der Waals surface area contributed by atoms with Gasteiger partial charge < -0.3 is 4.42 Å². The molecule has 0 aliphatic rings. The van der Waals surface area contributed by atoms with E-state index in [0.29, 0.717) is 0 Å². The molecule has 5 heteroatoms. The highest BCUT2D eigenvalue weighted by Crippen LogP contribution is 2.22. The molecule has 0 radical (unpaired) electrons. The summed E-state index contributed by atoms with van der Waals surface area (Å²) in [6.45, 7) is 3.92. The Morgan fingerprint density at radius 1 is 1.53 bits per heavy atom. The topological polar surface area (TPSA) is 69.0 Å². The highest BCUT2D eigenvalue weighted by molar-refractivity contribution is 5.23. The van der Waals surface area contributed by atoms with E-state index in [1.165, 1.54) is 0 Å². The van der Waals surface area contributed by atoms with Gasteiger partial charge in [-0.15, -0.1) is 0 Å². The highest BCUT2D eigenvalue weighted by Gasteiger charge is 2.16.